The van der Waals surface area contributed by atoms with Gasteiger partial charge < -0.3 is 4.90 Å². The molecule has 0 unspecified atom stereocenters. The van der Waals surface area contributed by atoms with Crippen molar-refractivity contribution in [2.45, 2.75) is 13.0 Å². The number of rotatable bonds is 3. The van der Waals surface area contributed by atoms with Crippen LogP contribution >= 0.6 is 11.8 Å². The number of benzene rings is 2. The third kappa shape index (κ3) is 3.71. The maximum absolute atomic E-state index is 13.0. The molecule has 3 amide bonds. The molecular weight excluding hydrogens is 379 g/mol. The molecule has 142 valence electrons. The number of hydrogen-bond donors (Lipinski definition) is 0. The van der Waals surface area contributed by atoms with Gasteiger partial charge in [-0.05, 0) is 53.1 Å². The first-order valence-electron chi connectivity index (χ1n) is 8.87. The van der Waals surface area contributed by atoms with Gasteiger partial charge in [0.2, 0.25) is 5.91 Å². The van der Waals surface area contributed by atoms with E-state index >= 15 is 0 Å². The van der Waals surface area contributed by atoms with E-state index in [1.165, 1.54) is 35.9 Å². The Balaban J connectivity index is 1.45. The van der Waals surface area contributed by atoms with E-state index in [1.54, 1.807) is 4.90 Å². The molecule has 4 rings (SSSR count). The minimum Gasteiger partial charge on any atom is -0.336 e. The van der Waals surface area contributed by atoms with Gasteiger partial charge in [0.1, 0.15) is 12.4 Å². The Morgan fingerprint density at radius 2 is 1.79 bits per heavy atom. The van der Waals surface area contributed by atoms with E-state index in [4.69, 9.17) is 0 Å². The van der Waals surface area contributed by atoms with Crippen molar-refractivity contribution in [3.63, 3.8) is 0 Å². The topological polar surface area (TPSA) is 57.7 Å². The number of halogens is 1. The molecule has 2 aliphatic rings. The maximum Gasteiger partial charge on any atom is 0.294 e. The predicted molar refractivity (Wildman–Crippen MR) is 105 cm³/mol. The first kappa shape index (κ1) is 18.4. The van der Waals surface area contributed by atoms with E-state index in [9.17, 15) is 18.8 Å². The molecule has 0 radical (unpaired) electrons. The van der Waals surface area contributed by atoms with Gasteiger partial charge in [-0.1, -0.05) is 36.4 Å². The summed E-state index contributed by atoms with van der Waals surface area (Å²) in [5.41, 5.74) is 2.93. The molecule has 1 saturated heterocycles. The van der Waals surface area contributed by atoms with Crippen molar-refractivity contribution in [2.75, 3.05) is 13.1 Å². The number of thioether (sulfide) groups is 1. The summed E-state index contributed by atoms with van der Waals surface area (Å²) in [4.78, 5) is 40.4. The minimum atomic E-state index is -0.495. The van der Waals surface area contributed by atoms with Gasteiger partial charge in [0.15, 0.2) is 0 Å². The third-order valence-electron chi connectivity index (χ3n) is 4.82. The van der Waals surface area contributed by atoms with Crippen molar-refractivity contribution in [1.29, 1.82) is 0 Å². The van der Waals surface area contributed by atoms with Gasteiger partial charge in [0.05, 0.1) is 4.91 Å². The molecule has 0 bridgehead atoms. The Morgan fingerprint density at radius 3 is 2.54 bits per heavy atom. The lowest BCUT2D eigenvalue weighted by Gasteiger charge is -2.29. The summed E-state index contributed by atoms with van der Waals surface area (Å²) in [6.07, 6.45) is 2.29. The van der Waals surface area contributed by atoms with Crippen LogP contribution < -0.4 is 0 Å². The van der Waals surface area contributed by atoms with Crippen LogP contribution in [0.1, 0.15) is 16.7 Å². The van der Waals surface area contributed by atoms with Gasteiger partial charge in [-0.25, -0.2) is 4.39 Å². The van der Waals surface area contributed by atoms with Gasteiger partial charge in [-0.15, -0.1) is 0 Å². The van der Waals surface area contributed by atoms with Gasteiger partial charge >= 0.3 is 0 Å². The molecule has 0 N–H and O–H groups in total. The van der Waals surface area contributed by atoms with Crippen molar-refractivity contribution < 1.29 is 18.8 Å². The van der Waals surface area contributed by atoms with Crippen LogP contribution in [-0.4, -0.2) is 39.9 Å². The molecule has 0 atom stereocenters. The second-order valence-electron chi connectivity index (χ2n) is 6.65. The van der Waals surface area contributed by atoms with Gasteiger partial charge in [0, 0.05) is 13.1 Å². The second-order valence-corrected chi connectivity index (χ2v) is 7.65. The van der Waals surface area contributed by atoms with Crippen LogP contribution in [0.15, 0.2) is 53.4 Å². The first-order valence-corrected chi connectivity index (χ1v) is 9.68. The standard InChI is InChI=1S/C21H17FN2O3S/c22-17-7-5-14(6-8-17)11-18-20(26)24(21(27)28-18)13-19(25)23-10-9-15-3-1-2-4-16(15)12-23/h1-8,11H,9-10,12-13H2/b18-11-. The zero-order valence-corrected chi connectivity index (χ0v) is 15.7. The van der Waals surface area contributed by atoms with Crippen molar-refractivity contribution in [3.8, 4) is 0 Å². The summed E-state index contributed by atoms with van der Waals surface area (Å²) in [6, 6.07) is 13.6. The zero-order chi connectivity index (χ0) is 19.7. The van der Waals surface area contributed by atoms with E-state index in [0.717, 1.165) is 28.6 Å². The monoisotopic (exact) mass is 396 g/mol. The largest absolute Gasteiger partial charge is 0.336 e. The number of hydrogen-bond acceptors (Lipinski definition) is 4. The van der Waals surface area contributed by atoms with Crippen LogP contribution in [0.3, 0.4) is 0 Å². The molecular formula is C21H17FN2O3S. The highest BCUT2D eigenvalue weighted by Crippen LogP contribution is 2.32. The van der Waals surface area contributed by atoms with Crippen molar-refractivity contribution in [1.82, 2.24) is 9.80 Å². The number of fused-ring (bicyclic) bond motifs is 1. The number of nitrogens with zero attached hydrogens (tertiary/aromatic N) is 2. The van der Waals surface area contributed by atoms with E-state index < -0.39 is 11.1 Å². The molecule has 0 aliphatic carbocycles. The smallest absolute Gasteiger partial charge is 0.294 e. The lowest BCUT2D eigenvalue weighted by atomic mass is 10.00. The highest BCUT2D eigenvalue weighted by atomic mass is 32.2. The molecule has 7 heteroatoms. The first-order chi connectivity index (χ1) is 13.5. The summed E-state index contributed by atoms with van der Waals surface area (Å²) in [7, 11) is 0. The van der Waals surface area contributed by atoms with Crippen LogP contribution in [0.2, 0.25) is 0 Å². The van der Waals surface area contributed by atoms with Crippen LogP contribution in [0.25, 0.3) is 6.08 Å². The average Bonchev–Trinajstić information content (AvgIpc) is 2.96. The van der Waals surface area contributed by atoms with Crippen LogP contribution in [0.5, 0.6) is 0 Å². The lowest BCUT2D eigenvalue weighted by molar-refractivity contribution is -0.136. The molecule has 0 spiro atoms. The number of imide groups is 1. The highest BCUT2D eigenvalue weighted by molar-refractivity contribution is 8.18. The van der Waals surface area contributed by atoms with Gasteiger partial charge in [0.25, 0.3) is 11.1 Å². The Morgan fingerprint density at radius 1 is 1.07 bits per heavy atom. The molecule has 5 nitrogen and oxygen atoms in total. The third-order valence-corrected chi connectivity index (χ3v) is 5.73. The molecule has 2 heterocycles. The molecule has 1 fully saturated rings. The van der Waals surface area contributed by atoms with E-state index in [0.29, 0.717) is 18.7 Å². The summed E-state index contributed by atoms with van der Waals surface area (Å²) >= 11 is 0.792. The molecule has 28 heavy (non-hydrogen) atoms. The van der Waals surface area contributed by atoms with E-state index in [-0.39, 0.29) is 23.2 Å². The highest BCUT2D eigenvalue weighted by Gasteiger charge is 2.37. The summed E-state index contributed by atoms with van der Waals surface area (Å²) in [6.45, 7) is 0.779. The Kier molecular flexibility index (Phi) is 5.00. The van der Waals surface area contributed by atoms with Gasteiger partial charge in [-0.2, -0.15) is 0 Å². The Bertz CT molecular complexity index is 987. The van der Waals surface area contributed by atoms with Crippen molar-refractivity contribution in [3.05, 3.63) is 75.9 Å². The fraction of sp³-hybridized carbons (Fsp3) is 0.190. The fourth-order valence-electron chi connectivity index (χ4n) is 3.29. The molecule has 0 aromatic heterocycles. The normalized spacial score (nSPS) is 18.0. The van der Waals surface area contributed by atoms with Gasteiger partial charge in [-0.3, -0.25) is 19.3 Å². The average molecular weight is 396 g/mol. The maximum atomic E-state index is 13.0. The number of amides is 3. The molecule has 0 saturated carbocycles. The number of carbonyl (C=O) groups is 3. The summed E-state index contributed by atoms with van der Waals surface area (Å²) in [5, 5.41) is -0.468. The Labute approximate surface area is 165 Å². The number of carbonyl (C=O) groups excluding carboxylic acids is 3. The molecule has 2 aliphatic heterocycles. The summed E-state index contributed by atoms with van der Waals surface area (Å²) < 4.78 is 13.0. The zero-order valence-electron chi connectivity index (χ0n) is 14.9. The quantitative estimate of drug-likeness (QED) is 0.746. The lowest BCUT2D eigenvalue weighted by Crippen LogP contribution is -2.44. The van der Waals surface area contributed by atoms with Crippen LogP contribution in [0, 0.1) is 5.82 Å². The predicted octanol–water partition coefficient (Wildman–Crippen LogP) is 3.45. The molecule has 2 aromatic rings. The van der Waals surface area contributed by atoms with Crippen molar-refractivity contribution >= 4 is 34.9 Å². The van der Waals surface area contributed by atoms with Crippen molar-refractivity contribution in [2.24, 2.45) is 0 Å². The minimum absolute atomic E-state index is 0.230. The Hall–Kier alpha value is -2.93. The second kappa shape index (κ2) is 7.59. The fourth-order valence-corrected chi connectivity index (χ4v) is 4.13. The van der Waals surface area contributed by atoms with Crippen LogP contribution in [0.4, 0.5) is 9.18 Å². The SMILES string of the molecule is O=C(CN1C(=O)S/C(=C\c2ccc(F)cc2)C1=O)N1CCc2ccccc2C1. The summed E-state index contributed by atoms with van der Waals surface area (Å²) in [5.74, 6) is -1.12. The van der Waals surface area contributed by atoms with E-state index in [2.05, 4.69) is 0 Å². The molecule has 2 aromatic carbocycles. The van der Waals surface area contributed by atoms with E-state index in [1.807, 2.05) is 24.3 Å². The van der Waals surface area contributed by atoms with Crippen LogP contribution in [-0.2, 0) is 22.6 Å².